The minimum absolute atomic E-state index is 0.162. The monoisotopic (exact) mass is 453 g/mol. The number of carboxylic acids is 1. The number of aliphatic hydroxyl groups excluding tert-OH is 1. The number of aromatic carboxylic acids is 1. The molecule has 0 fully saturated rings. The first-order chi connectivity index (χ1) is 16.4. The second-order valence-electron chi connectivity index (χ2n) is 8.08. The molecule has 1 atom stereocenters. The molecule has 5 rings (SSSR count). The summed E-state index contributed by atoms with van der Waals surface area (Å²) >= 11 is 0. The maximum atomic E-state index is 11.9. The van der Waals surface area contributed by atoms with Crippen LogP contribution in [-0.2, 0) is 0 Å². The molecule has 0 radical (unpaired) electrons. The Bertz CT molecular complexity index is 1440. The van der Waals surface area contributed by atoms with Gasteiger partial charge in [0.25, 0.3) is 0 Å². The summed E-state index contributed by atoms with van der Waals surface area (Å²) in [6.07, 6.45) is 0.559. The lowest BCUT2D eigenvalue weighted by atomic mass is 10.0. The Hall–Kier alpha value is -4.43. The summed E-state index contributed by atoms with van der Waals surface area (Å²) in [6.45, 7) is 3.92. The molecule has 0 spiro atoms. The summed E-state index contributed by atoms with van der Waals surface area (Å²) in [7, 11) is 0. The van der Waals surface area contributed by atoms with Crippen LogP contribution in [0.1, 0.15) is 33.4 Å². The average molecular weight is 454 g/mol. The van der Waals surface area contributed by atoms with E-state index in [1.54, 1.807) is 24.3 Å². The lowest BCUT2D eigenvalue weighted by molar-refractivity contribution is 0.0698. The summed E-state index contributed by atoms with van der Waals surface area (Å²) in [5.41, 5.74) is 6.42. The average Bonchev–Trinajstić information content (AvgIpc) is 3.15. The van der Waals surface area contributed by atoms with Crippen LogP contribution in [0.2, 0.25) is 0 Å². The number of hydrogen-bond donors (Lipinski definition) is 4. The van der Waals surface area contributed by atoms with E-state index in [1.165, 1.54) is 6.34 Å². The first-order valence-electron chi connectivity index (χ1n) is 10.8. The number of aliphatic imine (C=N–C) groups is 1. The van der Waals surface area contributed by atoms with Gasteiger partial charge in [0.15, 0.2) is 6.23 Å². The number of aliphatic hydroxyl groups is 1. The number of nitrogens with zero attached hydrogens (tertiary/aromatic N) is 3. The van der Waals surface area contributed by atoms with Crippen molar-refractivity contribution < 1.29 is 15.0 Å². The minimum Gasteiger partial charge on any atom is -0.478 e. The van der Waals surface area contributed by atoms with Gasteiger partial charge in [-0.25, -0.2) is 14.5 Å². The fourth-order valence-electron chi connectivity index (χ4n) is 4.19. The van der Waals surface area contributed by atoms with Gasteiger partial charge in [0.2, 0.25) is 0 Å². The van der Waals surface area contributed by atoms with Crippen molar-refractivity contribution in [2.75, 3.05) is 10.6 Å². The number of para-hydroxylation sites is 2. The van der Waals surface area contributed by atoms with Crippen molar-refractivity contribution in [3.63, 3.8) is 0 Å². The van der Waals surface area contributed by atoms with Gasteiger partial charge >= 0.3 is 5.97 Å². The van der Waals surface area contributed by atoms with Crippen LogP contribution in [0.15, 0.2) is 71.7 Å². The molecule has 0 aliphatic carbocycles. The summed E-state index contributed by atoms with van der Waals surface area (Å²) in [5, 5.41) is 31.1. The molecule has 4 aromatic rings. The Morgan fingerprint density at radius 1 is 1.06 bits per heavy atom. The van der Waals surface area contributed by atoms with E-state index >= 15 is 0 Å². The molecule has 3 aromatic carbocycles. The minimum atomic E-state index is -1.02. The number of nitrogens with one attached hydrogen (secondary N) is 2. The Labute approximate surface area is 196 Å². The number of fused-ring (bicyclic) bond motifs is 1. The summed E-state index contributed by atoms with van der Waals surface area (Å²) in [4.78, 5) is 15.8. The topological polar surface area (TPSA) is 112 Å². The van der Waals surface area contributed by atoms with Crippen molar-refractivity contribution in [2.24, 2.45) is 4.99 Å². The molecule has 0 saturated carbocycles. The highest BCUT2D eigenvalue weighted by molar-refractivity contribution is 5.96. The summed E-state index contributed by atoms with van der Waals surface area (Å²) in [5.74, 6) is -0.375. The summed E-state index contributed by atoms with van der Waals surface area (Å²) < 4.78 is 1.81. The van der Waals surface area contributed by atoms with Gasteiger partial charge in [-0.15, -0.1) is 0 Å². The highest BCUT2D eigenvalue weighted by Crippen LogP contribution is 2.39. The predicted molar refractivity (Wildman–Crippen MR) is 132 cm³/mol. The number of hydrogen-bond acceptors (Lipinski definition) is 6. The van der Waals surface area contributed by atoms with Crippen LogP contribution in [-0.4, -0.2) is 32.3 Å². The Balaban J connectivity index is 1.72. The number of aryl methyl sites for hydroxylation is 2. The molecule has 4 N–H and O–H groups in total. The van der Waals surface area contributed by atoms with Crippen LogP contribution in [0.3, 0.4) is 0 Å². The van der Waals surface area contributed by atoms with Crippen molar-refractivity contribution in [1.29, 1.82) is 0 Å². The normalized spacial score (nSPS) is 14.4. The maximum absolute atomic E-state index is 11.9. The van der Waals surface area contributed by atoms with Gasteiger partial charge in [0.1, 0.15) is 5.82 Å². The fourth-order valence-corrected chi connectivity index (χ4v) is 4.19. The standard InChI is InChI=1S/C26H23N5O3/c1-15-7-3-6-10-22(15)31-24(29-20-9-5-4-8-19(20)26(33)34)23(16(2)30-31)17-11-12-18-21(13-17)27-14-28-25(18)32/h3-14,25,29,32H,1-2H3,(H,27,28)(H,33,34). The SMILES string of the molecule is Cc1ccccc1-n1nc(C)c(-c2ccc3c(c2)NC=NC3O)c1Nc1ccccc1C(=O)O. The molecular weight excluding hydrogens is 430 g/mol. The van der Waals surface area contributed by atoms with Gasteiger partial charge in [-0.3, -0.25) is 0 Å². The molecule has 2 heterocycles. The quantitative estimate of drug-likeness (QED) is 0.337. The van der Waals surface area contributed by atoms with Gasteiger partial charge in [0, 0.05) is 16.8 Å². The van der Waals surface area contributed by atoms with Gasteiger partial charge in [-0.05, 0) is 49.2 Å². The number of carboxylic acid groups (broad SMARTS) is 1. The van der Waals surface area contributed by atoms with Crippen molar-refractivity contribution in [3.8, 4) is 16.8 Å². The highest BCUT2D eigenvalue weighted by atomic mass is 16.4. The number of aromatic nitrogens is 2. The van der Waals surface area contributed by atoms with Crippen molar-refractivity contribution in [2.45, 2.75) is 20.1 Å². The Morgan fingerprint density at radius 2 is 1.82 bits per heavy atom. The number of carbonyl (C=O) groups is 1. The molecule has 1 aliphatic heterocycles. The van der Waals surface area contributed by atoms with E-state index in [-0.39, 0.29) is 5.56 Å². The van der Waals surface area contributed by atoms with Crippen LogP contribution in [0, 0.1) is 13.8 Å². The Kier molecular flexibility index (Phi) is 5.35. The predicted octanol–water partition coefficient (Wildman–Crippen LogP) is 5.04. The molecule has 0 amide bonds. The molecule has 0 saturated heterocycles. The fraction of sp³-hybridized carbons (Fsp3) is 0.115. The largest absolute Gasteiger partial charge is 0.478 e. The molecule has 170 valence electrons. The molecule has 1 unspecified atom stereocenters. The number of rotatable bonds is 5. The highest BCUT2D eigenvalue weighted by Gasteiger charge is 2.23. The summed E-state index contributed by atoms with van der Waals surface area (Å²) in [6, 6.07) is 20.3. The van der Waals surface area contributed by atoms with Crippen molar-refractivity contribution in [1.82, 2.24) is 9.78 Å². The van der Waals surface area contributed by atoms with Crippen LogP contribution in [0.5, 0.6) is 0 Å². The molecule has 8 nitrogen and oxygen atoms in total. The van der Waals surface area contributed by atoms with E-state index in [9.17, 15) is 15.0 Å². The van der Waals surface area contributed by atoms with E-state index in [0.29, 0.717) is 17.1 Å². The second kappa shape index (κ2) is 8.49. The van der Waals surface area contributed by atoms with Gasteiger partial charge < -0.3 is 20.8 Å². The first kappa shape index (κ1) is 21.4. The third-order valence-corrected chi connectivity index (χ3v) is 5.87. The zero-order valence-corrected chi connectivity index (χ0v) is 18.6. The third-order valence-electron chi connectivity index (χ3n) is 5.87. The number of benzene rings is 3. The van der Waals surface area contributed by atoms with E-state index in [4.69, 9.17) is 5.10 Å². The number of anilines is 3. The van der Waals surface area contributed by atoms with Crippen LogP contribution in [0.4, 0.5) is 17.2 Å². The zero-order chi connectivity index (χ0) is 23.8. The van der Waals surface area contributed by atoms with E-state index in [1.807, 2.05) is 61.0 Å². The van der Waals surface area contributed by atoms with E-state index in [0.717, 1.165) is 33.8 Å². The van der Waals surface area contributed by atoms with E-state index < -0.39 is 12.2 Å². The molecule has 1 aromatic heterocycles. The van der Waals surface area contributed by atoms with Gasteiger partial charge in [0.05, 0.1) is 29.0 Å². The molecule has 34 heavy (non-hydrogen) atoms. The lowest BCUT2D eigenvalue weighted by Crippen LogP contribution is -2.10. The molecular formula is C26H23N5O3. The Morgan fingerprint density at radius 3 is 2.62 bits per heavy atom. The van der Waals surface area contributed by atoms with Gasteiger partial charge in [-0.1, -0.05) is 42.5 Å². The first-order valence-corrected chi connectivity index (χ1v) is 10.8. The molecule has 1 aliphatic rings. The van der Waals surface area contributed by atoms with Crippen molar-refractivity contribution >= 4 is 29.5 Å². The van der Waals surface area contributed by atoms with E-state index in [2.05, 4.69) is 15.6 Å². The van der Waals surface area contributed by atoms with Crippen LogP contribution < -0.4 is 10.6 Å². The second-order valence-corrected chi connectivity index (χ2v) is 8.08. The lowest BCUT2D eigenvalue weighted by Gasteiger charge is -2.19. The van der Waals surface area contributed by atoms with Crippen LogP contribution in [0.25, 0.3) is 16.8 Å². The molecule has 0 bridgehead atoms. The van der Waals surface area contributed by atoms with Crippen molar-refractivity contribution in [3.05, 3.63) is 89.1 Å². The van der Waals surface area contributed by atoms with Gasteiger partial charge in [-0.2, -0.15) is 5.10 Å². The van der Waals surface area contributed by atoms with Crippen LogP contribution >= 0.6 is 0 Å². The zero-order valence-electron chi connectivity index (χ0n) is 18.6. The third kappa shape index (κ3) is 3.70. The maximum Gasteiger partial charge on any atom is 0.337 e. The molecule has 8 heteroatoms. The smallest absolute Gasteiger partial charge is 0.337 e.